The van der Waals surface area contributed by atoms with Gasteiger partial charge in [-0.25, -0.2) is 8.42 Å². The van der Waals surface area contributed by atoms with Gasteiger partial charge in [0, 0.05) is 23.7 Å². The minimum Gasteiger partial charge on any atom is -0.495 e. The molecule has 0 spiro atoms. The topological polar surface area (TPSA) is 114 Å². The summed E-state index contributed by atoms with van der Waals surface area (Å²) in [7, 11) is -0.174. The first kappa shape index (κ1) is 33.9. The van der Waals surface area contributed by atoms with Gasteiger partial charge >= 0.3 is 0 Å². The fourth-order valence-electron chi connectivity index (χ4n) is 5.54. The van der Waals surface area contributed by atoms with Gasteiger partial charge in [-0.15, -0.1) is 0 Å². The molecule has 1 N–H and O–H groups in total. The van der Waals surface area contributed by atoms with Crippen LogP contribution in [0, 0.1) is 0 Å². The van der Waals surface area contributed by atoms with Crippen molar-refractivity contribution in [2.75, 3.05) is 32.2 Å². The van der Waals surface area contributed by atoms with Crippen molar-refractivity contribution in [3.8, 4) is 17.2 Å². The standard InChI is InChI=1S/C33H40ClN3O7S/c1-5-27(33(39)35-25-13-9-10-14-25)36(21-23-11-7-6-8-12-23)32(38)22-37(28-19-24(34)15-17-29(28)42-2)45(40,41)26-16-18-30(43-3)31(20-26)44-4/h6-8,11-12,15-20,25,27H,5,9-10,13-14,21-22H2,1-4H3,(H,35,39). The number of methoxy groups -OCH3 is 3. The number of carbonyl (C=O) groups is 2. The fraction of sp³-hybridized carbons (Fsp3) is 0.394. The summed E-state index contributed by atoms with van der Waals surface area (Å²) in [5.74, 6) is -0.102. The second-order valence-corrected chi connectivity index (χ2v) is 13.1. The number of ether oxygens (including phenoxy) is 3. The molecule has 1 aliphatic rings. The average Bonchev–Trinajstić information content (AvgIpc) is 3.56. The lowest BCUT2D eigenvalue weighted by Crippen LogP contribution is -2.53. The molecule has 4 rings (SSSR count). The Hall–Kier alpha value is -3.96. The minimum absolute atomic E-state index is 0.0536. The summed E-state index contributed by atoms with van der Waals surface area (Å²) in [5.41, 5.74) is 0.865. The van der Waals surface area contributed by atoms with E-state index in [1.54, 1.807) is 6.07 Å². The maximum Gasteiger partial charge on any atom is 0.265 e. The van der Waals surface area contributed by atoms with Gasteiger partial charge in [0.25, 0.3) is 10.0 Å². The smallest absolute Gasteiger partial charge is 0.265 e. The van der Waals surface area contributed by atoms with Crippen molar-refractivity contribution in [2.45, 2.75) is 62.6 Å². The number of nitrogens with one attached hydrogen (secondary N) is 1. The van der Waals surface area contributed by atoms with Gasteiger partial charge < -0.3 is 24.4 Å². The second kappa shape index (κ2) is 15.4. The summed E-state index contributed by atoms with van der Waals surface area (Å²) < 4.78 is 45.9. The van der Waals surface area contributed by atoms with E-state index in [4.69, 9.17) is 25.8 Å². The molecular weight excluding hydrogens is 618 g/mol. The molecule has 0 saturated heterocycles. The van der Waals surface area contributed by atoms with Gasteiger partial charge in [-0.1, -0.05) is 61.7 Å². The Bertz CT molecular complexity index is 1580. The van der Waals surface area contributed by atoms with Gasteiger partial charge in [0.15, 0.2) is 11.5 Å². The van der Waals surface area contributed by atoms with E-state index >= 15 is 0 Å². The zero-order chi connectivity index (χ0) is 32.6. The molecule has 242 valence electrons. The lowest BCUT2D eigenvalue weighted by Gasteiger charge is -2.34. The van der Waals surface area contributed by atoms with E-state index in [9.17, 15) is 18.0 Å². The van der Waals surface area contributed by atoms with E-state index in [2.05, 4.69) is 5.32 Å². The van der Waals surface area contributed by atoms with Crippen LogP contribution in [-0.4, -0.2) is 65.1 Å². The van der Waals surface area contributed by atoms with E-state index in [0.717, 1.165) is 35.6 Å². The summed E-state index contributed by atoms with van der Waals surface area (Å²) in [4.78, 5) is 29.3. The Morgan fingerprint density at radius 2 is 1.56 bits per heavy atom. The van der Waals surface area contributed by atoms with E-state index in [-0.39, 0.29) is 45.6 Å². The maximum absolute atomic E-state index is 14.4. The molecule has 0 bridgehead atoms. The molecule has 0 radical (unpaired) electrons. The van der Waals surface area contributed by atoms with Crippen LogP contribution in [-0.2, 0) is 26.2 Å². The molecule has 3 aromatic carbocycles. The highest BCUT2D eigenvalue weighted by atomic mass is 35.5. The van der Waals surface area contributed by atoms with E-state index in [0.29, 0.717) is 12.2 Å². The van der Waals surface area contributed by atoms with Crippen molar-refractivity contribution in [3.63, 3.8) is 0 Å². The normalized spacial score (nSPS) is 14.0. The predicted octanol–water partition coefficient (Wildman–Crippen LogP) is 5.43. The molecule has 1 saturated carbocycles. The molecule has 0 heterocycles. The number of hydrogen-bond acceptors (Lipinski definition) is 7. The van der Waals surface area contributed by atoms with Crippen LogP contribution in [0.25, 0.3) is 0 Å². The zero-order valence-electron chi connectivity index (χ0n) is 26.0. The van der Waals surface area contributed by atoms with E-state index < -0.39 is 28.5 Å². The summed E-state index contributed by atoms with van der Waals surface area (Å²) in [5, 5.41) is 3.36. The Morgan fingerprint density at radius 3 is 2.18 bits per heavy atom. The highest BCUT2D eigenvalue weighted by molar-refractivity contribution is 7.92. The van der Waals surface area contributed by atoms with Gasteiger partial charge in [0.1, 0.15) is 18.3 Å². The summed E-state index contributed by atoms with van der Waals surface area (Å²) >= 11 is 6.34. The molecular formula is C33H40ClN3O7S. The third kappa shape index (κ3) is 8.01. The van der Waals surface area contributed by atoms with Crippen LogP contribution in [0.3, 0.4) is 0 Å². The lowest BCUT2D eigenvalue weighted by atomic mass is 10.1. The van der Waals surface area contributed by atoms with E-state index in [1.807, 2.05) is 37.3 Å². The minimum atomic E-state index is -4.42. The largest absolute Gasteiger partial charge is 0.495 e. The summed E-state index contributed by atoms with van der Waals surface area (Å²) in [6.07, 6.45) is 4.19. The summed E-state index contributed by atoms with van der Waals surface area (Å²) in [6.45, 7) is 1.31. The van der Waals surface area contributed by atoms with Crippen LogP contribution in [0.4, 0.5) is 5.69 Å². The number of amides is 2. The Kier molecular flexibility index (Phi) is 11.6. The SMILES string of the molecule is CCC(C(=O)NC1CCCC1)N(Cc1ccccc1)C(=O)CN(c1cc(Cl)ccc1OC)S(=O)(=O)c1ccc(OC)c(OC)c1. The zero-order valence-corrected chi connectivity index (χ0v) is 27.6. The third-order valence-corrected chi connectivity index (χ3v) is 9.91. The number of anilines is 1. The van der Waals surface area contributed by atoms with Crippen LogP contribution in [0.2, 0.25) is 5.02 Å². The fourth-order valence-corrected chi connectivity index (χ4v) is 7.14. The van der Waals surface area contributed by atoms with Gasteiger partial charge in [-0.3, -0.25) is 13.9 Å². The summed E-state index contributed by atoms with van der Waals surface area (Å²) in [6, 6.07) is 17.2. The van der Waals surface area contributed by atoms with E-state index in [1.165, 1.54) is 56.6 Å². The number of nitrogens with zero attached hydrogens (tertiary/aromatic N) is 2. The van der Waals surface area contributed by atoms with Crippen LogP contribution in [0.15, 0.2) is 71.6 Å². The predicted molar refractivity (Wildman–Crippen MR) is 174 cm³/mol. The molecule has 1 unspecified atom stereocenters. The number of rotatable bonds is 14. The number of hydrogen-bond donors (Lipinski definition) is 1. The van der Waals surface area contributed by atoms with Crippen molar-refractivity contribution >= 4 is 39.1 Å². The van der Waals surface area contributed by atoms with Gasteiger partial charge in [-0.2, -0.15) is 0 Å². The highest BCUT2D eigenvalue weighted by Crippen LogP contribution is 2.37. The Morgan fingerprint density at radius 1 is 0.911 bits per heavy atom. The Balaban J connectivity index is 1.79. The number of carbonyl (C=O) groups excluding carboxylic acids is 2. The monoisotopic (exact) mass is 657 g/mol. The second-order valence-electron chi connectivity index (χ2n) is 10.8. The average molecular weight is 658 g/mol. The molecule has 10 nitrogen and oxygen atoms in total. The van der Waals surface area contributed by atoms with Crippen LogP contribution >= 0.6 is 11.6 Å². The van der Waals surface area contributed by atoms with Crippen molar-refractivity contribution in [2.24, 2.45) is 0 Å². The number of sulfonamides is 1. The molecule has 0 aliphatic heterocycles. The molecule has 1 atom stereocenters. The van der Waals surface area contributed by atoms with Crippen LogP contribution in [0.5, 0.6) is 17.2 Å². The maximum atomic E-state index is 14.4. The van der Waals surface area contributed by atoms with Crippen molar-refractivity contribution in [1.82, 2.24) is 10.2 Å². The molecule has 1 fully saturated rings. The first-order valence-electron chi connectivity index (χ1n) is 14.8. The van der Waals surface area contributed by atoms with Crippen molar-refractivity contribution in [1.29, 1.82) is 0 Å². The molecule has 45 heavy (non-hydrogen) atoms. The highest BCUT2D eigenvalue weighted by Gasteiger charge is 2.36. The third-order valence-electron chi connectivity index (χ3n) is 7.91. The molecule has 1 aliphatic carbocycles. The van der Waals surface area contributed by atoms with Crippen LogP contribution < -0.4 is 23.8 Å². The van der Waals surface area contributed by atoms with Gasteiger partial charge in [-0.05, 0) is 55.2 Å². The molecule has 12 heteroatoms. The van der Waals surface area contributed by atoms with Crippen LogP contribution in [0.1, 0.15) is 44.6 Å². The number of benzene rings is 3. The Labute approximate surface area is 270 Å². The van der Waals surface area contributed by atoms with Crippen molar-refractivity contribution < 1.29 is 32.2 Å². The first-order valence-corrected chi connectivity index (χ1v) is 16.7. The van der Waals surface area contributed by atoms with Crippen molar-refractivity contribution in [3.05, 3.63) is 77.3 Å². The lowest BCUT2D eigenvalue weighted by molar-refractivity contribution is -0.140. The molecule has 0 aromatic heterocycles. The number of halogens is 1. The molecule has 2 amide bonds. The molecule has 3 aromatic rings. The van der Waals surface area contributed by atoms with Gasteiger partial charge in [0.05, 0.1) is 31.9 Å². The first-order chi connectivity index (χ1) is 21.6. The van der Waals surface area contributed by atoms with Gasteiger partial charge in [0.2, 0.25) is 11.8 Å². The quantitative estimate of drug-likeness (QED) is 0.246.